The zero-order valence-electron chi connectivity index (χ0n) is 10.8. The second-order valence-electron chi connectivity index (χ2n) is 4.56. The van der Waals surface area contributed by atoms with E-state index in [0.29, 0.717) is 18.5 Å². The van der Waals surface area contributed by atoms with Crippen molar-refractivity contribution < 1.29 is 8.78 Å². The second-order valence-corrected chi connectivity index (χ2v) is 4.56. The lowest BCUT2D eigenvalue weighted by atomic mass is 10.3. The van der Waals surface area contributed by atoms with Crippen LogP contribution in [0.1, 0.15) is 5.82 Å². The van der Waals surface area contributed by atoms with Crippen molar-refractivity contribution in [1.82, 2.24) is 19.1 Å². The molecular formula is C13H13F2N5. The molecule has 104 valence electrons. The maximum absolute atomic E-state index is 13.9. The molecule has 3 aromatic rings. The molecule has 3 rings (SSSR count). The third-order valence-electron chi connectivity index (χ3n) is 3.31. The maximum Gasteiger partial charge on any atom is 0.201 e. The molecule has 0 atom stereocenters. The Morgan fingerprint density at radius 3 is 2.80 bits per heavy atom. The molecule has 0 amide bonds. The summed E-state index contributed by atoms with van der Waals surface area (Å²) < 4.78 is 30.6. The molecule has 1 aromatic carbocycles. The van der Waals surface area contributed by atoms with Crippen LogP contribution < -0.4 is 5.73 Å². The number of hydrogen-bond acceptors (Lipinski definition) is 3. The Kier molecular flexibility index (Phi) is 2.89. The highest BCUT2D eigenvalue weighted by Gasteiger charge is 2.16. The van der Waals surface area contributed by atoms with Crippen LogP contribution in [0.2, 0.25) is 0 Å². The van der Waals surface area contributed by atoms with Gasteiger partial charge in [-0.05, 0) is 12.1 Å². The van der Waals surface area contributed by atoms with E-state index in [1.807, 2.05) is 17.8 Å². The zero-order chi connectivity index (χ0) is 14.3. The fourth-order valence-corrected chi connectivity index (χ4v) is 2.25. The molecule has 5 nitrogen and oxygen atoms in total. The predicted octanol–water partition coefficient (Wildman–Crippen LogP) is 1.87. The van der Waals surface area contributed by atoms with Crippen molar-refractivity contribution in [3.63, 3.8) is 0 Å². The van der Waals surface area contributed by atoms with Crippen LogP contribution in [0.25, 0.3) is 11.0 Å². The average Bonchev–Trinajstić information content (AvgIpc) is 2.96. The summed E-state index contributed by atoms with van der Waals surface area (Å²) in [6, 6.07) is 2.47. The van der Waals surface area contributed by atoms with E-state index in [4.69, 9.17) is 5.73 Å². The van der Waals surface area contributed by atoms with Gasteiger partial charge in [-0.15, -0.1) is 0 Å². The van der Waals surface area contributed by atoms with Gasteiger partial charge in [0.05, 0.1) is 5.52 Å². The van der Waals surface area contributed by atoms with Crippen molar-refractivity contribution in [3.8, 4) is 0 Å². The second kappa shape index (κ2) is 4.59. The third kappa shape index (κ3) is 1.91. The molecule has 0 aliphatic heterocycles. The Morgan fingerprint density at radius 2 is 2.10 bits per heavy atom. The van der Waals surface area contributed by atoms with Gasteiger partial charge in [-0.1, -0.05) is 0 Å². The average molecular weight is 277 g/mol. The molecule has 0 saturated carbocycles. The molecular weight excluding hydrogens is 264 g/mol. The van der Waals surface area contributed by atoms with Crippen LogP contribution in [0.5, 0.6) is 0 Å². The molecule has 0 radical (unpaired) electrons. The maximum atomic E-state index is 13.9. The van der Waals surface area contributed by atoms with Crippen molar-refractivity contribution >= 4 is 17.0 Å². The predicted molar refractivity (Wildman–Crippen MR) is 71.0 cm³/mol. The SMILES string of the molecule is Cn1ccnc1CCn1c(N)nc2ccc(F)c(F)c21. The van der Waals surface area contributed by atoms with Crippen LogP contribution in [-0.2, 0) is 20.0 Å². The number of halogens is 2. The van der Waals surface area contributed by atoms with Crippen molar-refractivity contribution in [3.05, 3.63) is 42.0 Å². The molecule has 0 unspecified atom stereocenters. The number of aromatic nitrogens is 4. The summed E-state index contributed by atoms with van der Waals surface area (Å²) >= 11 is 0. The minimum atomic E-state index is -0.924. The Hall–Kier alpha value is -2.44. The van der Waals surface area contributed by atoms with E-state index >= 15 is 0 Å². The highest BCUT2D eigenvalue weighted by Crippen LogP contribution is 2.23. The first kappa shape index (κ1) is 12.6. The fraction of sp³-hybridized carbons (Fsp3) is 0.231. The zero-order valence-corrected chi connectivity index (χ0v) is 10.8. The Labute approximate surface area is 113 Å². The van der Waals surface area contributed by atoms with Gasteiger partial charge >= 0.3 is 0 Å². The van der Waals surface area contributed by atoms with Gasteiger partial charge in [0, 0.05) is 32.4 Å². The fourth-order valence-electron chi connectivity index (χ4n) is 2.25. The van der Waals surface area contributed by atoms with E-state index in [0.717, 1.165) is 11.9 Å². The number of anilines is 1. The van der Waals surface area contributed by atoms with Crippen LogP contribution in [0.4, 0.5) is 14.7 Å². The van der Waals surface area contributed by atoms with E-state index in [1.165, 1.54) is 10.6 Å². The van der Waals surface area contributed by atoms with Gasteiger partial charge in [-0.3, -0.25) is 0 Å². The summed E-state index contributed by atoms with van der Waals surface area (Å²) in [4.78, 5) is 8.23. The van der Waals surface area contributed by atoms with Crippen molar-refractivity contribution in [2.75, 3.05) is 5.73 Å². The lowest BCUT2D eigenvalue weighted by Gasteiger charge is -2.07. The van der Waals surface area contributed by atoms with E-state index in [-0.39, 0.29) is 11.5 Å². The molecule has 20 heavy (non-hydrogen) atoms. The number of benzene rings is 1. The number of aryl methyl sites for hydroxylation is 3. The van der Waals surface area contributed by atoms with Gasteiger partial charge in [0.1, 0.15) is 11.3 Å². The molecule has 2 aromatic heterocycles. The molecule has 7 heteroatoms. The largest absolute Gasteiger partial charge is 0.369 e. The molecule has 0 spiro atoms. The van der Waals surface area contributed by atoms with Gasteiger partial charge in [0.2, 0.25) is 5.95 Å². The first-order chi connectivity index (χ1) is 9.58. The Bertz CT molecular complexity index is 775. The lowest BCUT2D eigenvalue weighted by Crippen LogP contribution is -2.09. The number of rotatable bonds is 3. The normalized spacial score (nSPS) is 11.3. The molecule has 0 fully saturated rings. The molecule has 2 heterocycles. The minimum Gasteiger partial charge on any atom is -0.369 e. The van der Waals surface area contributed by atoms with Crippen LogP contribution in [0.3, 0.4) is 0 Å². The molecule has 0 aliphatic carbocycles. The van der Waals surface area contributed by atoms with Crippen molar-refractivity contribution in [2.45, 2.75) is 13.0 Å². The number of hydrogen-bond donors (Lipinski definition) is 1. The summed E-state index contributed by atoms with van der Waals surface area (Å²) in [6.45, 7) is 0.382. The van der Waals surface area contributed by atoms with Gasteiger partial charge < -0.3 is 14.9 Å². The van der Waals surface area contributed by atoms with Gasteiger partial charge in [-0.2, -0.15) is 0 Å². The van der Waals surface area contributed by atoms with E-state index in [2.05, 4.69) is 9.97 Å². The van der Waals surface area contributed by atoms with Crippen molar-refractivity contribution in [2.24, 2.45) is 7.05 Å². The first-order valence-electron chi connectivity index (χ1n) is 6.14. The lowest BCUT2D eigenvalue weighted by molar-refractivity contribution is 0.511. The number of fused-ring (bicyclic) bond motifs is 1. The number of nitrogen functional groups attached to an aromatic ring is 1. The van der Waals surface area contributed by atoms with Crippen LogP contribution in [-0.4, -0.2) is 19.1 Å². The van der Waals surface area contributed by atoms with Gasteiger partial charge in [-0.25, -0.2) is 18.7 Å². The van der Waals surface area contributed by atoms with Crippen LogP contribution >= 0.6 is 0 Å². The van der Waals surface area contributed by atoms with Crippen LogP contribution in [0, 0.1) is 11.6 Å². The van der Waals surface area contributed by atoms with Crippen LogP contribution in [0.15, 0.2) is 24.5 Å². The van der Waals surface area contributed by atoms with E-state index in [9.17, 15) is 8.78 Å². The van der Waals surface area contributed by atoms with Crippen molar-refractivity contribution in [1.29, 1.82) is 0 Å². The number of nitrogens with zero attached hydrogens (tertiary/aromatic N) is 4. The highest BCUT2D eigenvalue weighted by molar-refractivity contribution is 5.79. The van der Waals surface area contributed by atoms with Gasteiger partial charge in [0.25, 0.3) is 0 Å². The van der Waals surface area contributed by atoms with E-state index in [1.54, 1.807) is 6.20 Å². The minimum absolute atomic E-state index is 0.0942. The monoisotopic (exact) mass is 277 g/mol. The highest BCUT2D eigenvalue weighted by atomic mass is 19.2. The summed E-state index contributed by atoms with van der Waals surface area (Å²) in [5.41, 5.74) is 6.23. The molecule has 2 N–H and O–H groups in total. The van der Waals surface area contributed by atoms with E-state index < -0.39 is 11.6 Å². The third-order valence-corrected chi connectivity index (χ3v) is 3.31. The van der Waals surface area contributed by atoms with Gasteiger partial charge in [0.15, 0.2) is 11.6 Å². The standard InChI is InChI=1S/C13H13F2N5/c1-19-7-5-17-10(19)4-6-20-12-9(18-13(20)16)3-2-8(14)11(12)15/h2-3,5,7H,4,6H2,1H3,(H2,16,18). The number of nitrogens with two attached hydrogens (primary N) is 1. The summed E-state index contributed by atoms with van der Waals surface area (Å²) in [6.07, 6.45) is 4.06. The summed E-state index contributed by atoms with van der Waals surface area (Å²) in [5, 5.41) is 0. The smallest absolute Gasteiger partial charge is 0.201 e. The number of imidazole rings is 2. The Balaban J connectivity index is 2.01. The summed E-state index contributed by atoms with van der Waals surface area (Å²) in [5.74, 6) is -0.830. The molecule has 0 saturated heterocycles. The summed E-state index contributed by atoms with van der Waals surface area (Å²) in [7, 11) is 1.87. The topological polar surface area (TPSA) is 61.7 Å². The molecule has 0 bridgehead atoms. The quantitative estimate of drug-likeness (QED) is 0.795. The molecule has 0 aliphatic rings. The Morgan fingerprint density at radius 1 is 1.30 bits per heavy atom. The first-order valence-corrected chi connectivity index (χ1v) is 6.14.